The molecule has 2 rings (SSSR count). The highest BCUT2D eigenvalue weighted by Crippen LogP contribution is 2.30. The van der Waals surface area contributed by atoms with E-state index >= 15 is 0 Å². The number of methoxy groups -OCH3 is 4. The fourth-order valence-electron chi connectivity index (χ4n) is 2.77. The Balaban J connectivity index is 0.00000420. The minimum absolute atomic E-state index is 0. The van der Waals surface area contributed by atoms with Crippen LogP contribution in [0.15, 0.2) is 41.4 Å². The van der Waals surface area contributed by atoms with Crippen molar-refractivity contribution in [1.82, 2.24) is 5.32 Å². The number of halogens is 1. The van der Waals surface area contributed by atoms with Gasteiger partial charge in [0.1, 0.15) is 0 Å². The Kier molecular flexibility index (Phi) is 11.0. The third-order valence-corrected chi connectivity index (χ3v) is 4.25. The predicted octanol–water partition coefficient (Wildman–Crippen LogP) is 3.96. The number of nitrogens with one attached hydrogen (secondary N) is 2. The van der Waals surface area contributed by atoms with Crippen molar-refractivity contribution in [3.8, 4) is 23.0 Å². The highest BCUT2D eigenvalue weighted by Gasteiger charge is 2.07. The molecule has 7 nitrogen and oxygen atoms in total. The van der Waals surface area contributed by atoms with Gasteiger partial charge in [0.15, 0.2) is 29.0 Å². The number of benzene rings is 2. The van der Waals surface area contributed by atoms with E-state index in [-0.39, 0.29) is 24.0 Å². The zero-order valence-electron chi connectivity index (χ0n) is 17.6. The fourth-order valence-corrected chi connectivity index (χ4v) is 2.77. The van der Waals surface area contributed by atoms with Gasteiger partial charge in [0.05, 0.1) is 28.4 Å². The predicted molar refractivity (Wildman–Crippen MR) is 128 cm³/mol. The maximum absolute atomic E-state index is 5.35. The molecule has 0 unspecified atom stereocenters. The second kappa shape index (κ2) is 13.0. The molecule has 0 heterocycles. The highest BCUT2D eigenvalue weighted by atomic mass is 127. The first-order valence-electron chi connectivity index (χ1n) is 9.05. The van der Waals surface area contributed by atoms with Crippen LogP contribution in [0.3, 0.4) is 0 Å². The van der Waals surface area contributed by atoms with Crippen LogP contribution in [0, 0.1) is 0 Å². The minimum atomic E-state index is 0. The van der Waals surface area contributed by atoms with Gasteiger partial charge < -0.3 is 29.6 Å². The van der Waals surface area contributed by atoms with Crippen molar-refractivity contribution in [3.05, 3.63) is 42.0 Å². The number of rotatable bonds is 9. The summed E-state index contributed by atoms with van der Waals surface area (Å²) in [5.41, 5.74) is 2.06. The number of anilines is 1. The molecule has 0 spiro atoms. The molecule has 0 bridgehead atoms. The summed E-state index contributed by atoms with van der Waals surface area (Å²) in [6.45, 7) is 0.779. The summed E-state index contributed by atoms with van der Waals surface area (Å²) in [5, 5.41) is 6.57. The van der Waals surface area contributed by atoms with E-state index in [1.54, 1.807) is 35.5 Å². The van der Waals surface area contributed by atoms with Crippen molar-refractivity contribution in [1.29, 1.82) is 0 Å². The van der Waals surface area contributed by atoms with Gasteiger partial charge in [0.25, 0.3) is 0 Å². The van der Waals surface area contributed by atoms with Gasteiger partial charge in [-0.1, -0.05) is 6.07 Å². The summed E-state index contributed by atoms with van der Waals surface area (Å²) in [6.07, 6.45) is 1.86. The van der Waals surface area contributed by atoms with Crippen LogP contribution in [-0.2, 0) is 6.42 Å². The third-order valence-electron chi connectivity index (χ3n) is 4.25. The molecule has 0 aromatic heterocycles. The maximum atomic E-state index is 5.35. The molecule has 29 heavy (non-hydrogen) atoms. The SMILES string of the molecule is CN=C(NCCCc1ccc(OC)c(OC)c1)Nc1ccc(OC)c(OC)c1.I. The van der Waals surface area contributed by atoms with Crippen LogP contribution in [0.4, 0.5) is 5.69 Å². The number of ether oxygens (including phenoxy) is 4. The molecule has 0 atom stereocenters. The molecule has 2 N–H and O–H groups in total. The Hall–Kier alpha value is -2.36. The van der Waals surface area contributed by atoms with E-state index in [4.69, 9.17) is 18.9 Å². The molecule has 0 aliphatic carbocycles. The van der Waals surface area contributed by atoms with Crippen LogP contribution < -0.4 is 29.6 Å². The first-order chi connectivity index (χ1) is 13.6. The summed E-state index contributed by atoms with van der Waals surface area (Å²) < 4.78 is 21.2. The fraction of sp³-hybridized carbons (Fsp3) is 0.381. The second-order valence-corrected chi connectivity index (χ2v) is 5.99. The zero-order valence-corrected chi connectivity index (χ0v) is 19.9. The van der Waals surface area contributed by atoms with Crippen LogP contribution in [0.2, 0.25) is 0 Å². The standard InChI is InChI=1S/C21H29N3O4.HI/c1-22-21(24-16-9-11-18(26-3)20(14-16)28-5)23-12-6-7-15-8-10-17(25-2)19(13-15)27-4;/h8-11,13-14H,6-7,12H2,1-5H3,(H2,22,23,24);1H. The van der Waals surface area contributed by atoms with Gasteiger partial charge in [-0.3, -0.25) is 4.99 Å². The largest absolute Gasteiger partial charge is 0.493 e. The second-order valence-electron chi connectivity index (χ2n) is 5.99. The average Bonchev–Trinajstić information content (AvgIpc) is 2.75. The van der Waals surface area contributed by atoms with Gasteiger partial charge in [0, 0.05) is 25.3 Å². The lowest BCUT2D eigenvalue weighted by atomic mass is 10.1. The first-order valence-corrected chi connectivity index (χ1v) is 9.05. The van der Waals surface area contributed by atoms with E-state index in [2.05, 4.69) is 21.7 Å². The number of aliphatic imine (C=N–C) groups is 1. The summed E-state index contributed by atoms with van der Waals surface area (Å²) in [6, 6.07) is 11.6. The smallest absolute Gasteiger partial charge is 0.195 e. The molecule has 8 heteroatoms. The van der Waals surface area contributed by atoms with E-state index in [0.29, 0.717) is 17.5 Å². The lowest BCUT2D eigenvalue weighted by molar-refractivity contribution is 0.354. The highest BCUT2D eigenvalue weighted by molar-refractivity contribution is 14.0. The summed E-state index contributed by atoms with van der Waals surface area (Å²) in [5.74, 6) is 3.53. The van der Waals surface area contributed by atoms with Crippen LogP contribution >= 0.6 is 24.0 Å². The van der Waals surface area contributed by atoms with Gasteiger partial charge >= 0.3 is 0 Å². The van der Waals surface area contributed by atoms with Crippen LogP contribution in [-0.4, -0.2) is 48.0 Å². The molecule has 0 saturated carbocycles. The molecule has 0 aliphatic rings. The molecule has 160 valence electrons. The Labute approximate surface area is 189 Å². The van der Waals surface area contributed by atoms with Gasteiger partial charge in [-0.15, -0.1) is 24.0 Å². The monoisotopic (exact) mass is 515 g/mol. The van der Waals surface area contributed by atoms with Crippen molar-refractivity contribution < 1.29 is 18.9 Å². The van der Waals surface area contributed by atoms with E-state index in [0.717, 1.165) is 36.6 Å². The Morgan fingerprint density at radius 2 is 1.41 bits per heavy atom. The molecular weight excluding hydrogens is 485 g/mol. The number of hydrogen-bond acceptors (Lipinski definition) is 5. The quantitative estimate of drug-likeness (QED) is 0.228. The van der Waals surface area contributed by atoms with Crippen LogP contribution in [0.5, 0.6) is 23.0 Å². The Bertz CT molecular complexity index is 799. The van der Waals surface area contributed by atoms with Crippen molar-refractivity contribution >= 4 is 35.6 Å². The van der Waals surface area contributed by atoms with E-state index in [1.807, 2.05) is 30.3 Å². The van der Waals surface area contributed by atoms with E-state index in [1.165, 1.54) is 5.56 Å². The number of nitrogens with zero attached hydrogens (tertiary/aromatic N) is 1. The maximum Gasteiger partial charge on any atom is 0.195 e. The van der Waals surface area contributed by atoms with Crippen LogP contribution in [0.1, 0.15) is 12.0 Å². The molecular formula is C21H30IN3O4. The number of hydrogen-bond donors (Lipinski definition) is 2. The Morgan fingerprint density at radius 1 is 0.828 bits per heavy atom. The lowest BCUT2D eigenvalue weighted by Gasteiger charge is -2.14. The summed E-state index contributed by atoms with van der Waals surface area (Å²) in [4.78, 5) is 4.26. The zero-order chi connectivity index (χ0) is 20.4. The summed E-state index contributed by atoms with van der Waals surface area (Å²) >= 11 is 0. The minimum Gasteiger partial charge on any atom is -0.493 e. The van der Waals surface area contributed by atoms with Gasteiger partial charge in [-0.25, -0.2) is 0 Å². The van der Waals surface area contributed by atoms with Gasteiger partial charge in [-0.2, -0.15) is 0 Å². The molecule has 0 aliphatic heterocycles. The lowest BCUT2D eigenvalue weighted by Crippen LogP contribution is -2.31. The van der Waals surface area contributed by atoms with E-state index in [9.17, 15) is 0 Å². The normalized spacial score (nSPS) is 10.6. The number of aryl methyl sites for hydroxylation is 1. The van der Waals surface area contributed by atoms with Crippen molar-refractivity contribution in [2.24, 2.45) is 4.99 Å². The molecule has 2 aromatic rings. The molecule has 2 aromatic carbocycles. The van der Waals surface area contributed by atoms with Gasteiger partial charge in [0.2, 0.25) is 0 Å². The first kappa shape index (κ1) is 24.7. The summed E-state index contributed by atoms with van der Waals surface area (Å²) in [7, 11) is 8.25. The van der Waals surface area contributed by atoms with Crippen LogP contribution in [0.25, 0.3) is 0 Å². The van der Waals surface area contributed by atoms with Crippen molar-refractivity contribution in [2.75, 3.05) is 47.3 Å². The number of guanidine groups is 1. The van der Waals surface area contributed by atoms with E-state index < -0.39 is 0 Å². The molecule has 0 amide bonds. The van der Waals surface area contributed by atoms with Gasteiger partial charge in [-0.05, 0) is 42.7 Å². The molecule has 0 saturated heterocycles. The molecule has 0 radical (unpaired) electrons. The Morgan fingerprint density at radius 3 is 2.00 bits per heavy atom. The van der Waals surface area contributed by atoms with Crippen molar-refractivity contribution in [2.45, 2.75) is 12.8 Å². The average molecular weight is 515 g/mol. The van der Waals surface area contributed by atoms with Crippen molar-refractivity contribution in [3.63, 3.8) is 0 Å². The molecule has 0 fully saturated rings. The topological polar surface area (TPSA) is 73.3 Å². The third kappa shape index (κ3) is 7.19.